The largest absolute Gasteiger partial charge is 0.303 e. The molecule has 12 heavy (non-hydrogen) atoms. The zero-order chi connectivity index (χ0) is 8.72. The van der Waals surface area contributed by atoms with Crippen LogP contribution in [0.25, 0.3) is 0 Å². The molecule has 4 unspecified atom stereocenters. The Morgan fingerprint density at radius 3 is 2.58 bits per heavy atom. The summed E-state index contributed by atoms with van der Waals surface area (Å²) >= 11 is 0. The smallest absolute Gasteiger partial charge is 0.133 e. The average molecular weight is 166 g/mol. The Labute approximate surface area is 72.3 Å². The van der Waals surface area contributed by atoms with Crippen molar-refractivity contribution in [3.05, 3.63) is 0 Å². The van der Waals surface area contributed by atoms with Gasteiger partial charge in [0.05, 0.1) is 0 Å². The number of carbonyl (C=O) groups excluding carboxylic acids is 2. The summed E-state index contributed by atoms with van der Waals surface area (Å²) in [6, 6.07) is 0. The van der Waals surface area contributed by atoms with Gasteiger partial charge in [-0.3, -0.25) is 4.79 Å². The second-order valence-electron chi connectivity index (χ2n) is 4.25. The first-order valence-corrected chi connectivity index (χ1v) is 4.68. The van der Waals surface area contributed by atoms with Crippen molar-refractivity contribution < 1.29 is 9.59 Å². The molecule has 0 amide bonds. The minimum Gasteiger partial charge on any atom is -0.303 e. The van der Waals surface area contributed by atoms with E-state index >= 15 is 0 Å². The number of aldehydes is 1. The topological polar surface area (TPSA) is 34.1 Å². The molecule has 0 aliphatic heterocycles. The number of carbonyl (C=O) groups is 2. The number of ketones is 1. The second-order valence-corrected chi connectivity index (χ2v) is 4.25. The maximum absolute atomic E-state index is 11.2. The number of hydrogen-bond acceptors (Lipinski definition) is 2. The van der Waals surface area contributed by atoms with Crippen LogP contribution in [0.4, 0.5) is 0 Å². The maximum Gasteiger partial charge on any atom is 0.133 e. The van der Waals surface area contributed by atoms with Crippen molar-refractivity contribution in [1.82, 2.24) is 0 Å². The Morgan fingerprint density at radius 2 is 2.08 bits per heavy atom. The summed E-state index contributed by atoms with van der Waals surface area (Å²) in [4.78, 5) is 21.8. The van der Waals surface area contributed by atoms with E-state index in [2.05, 4.69) is 0 Å². The van der Waals surface area contributed by atoms with E-state index in [0.717, 1.165) is 25.5 Å². The van der Waals surface area contributed by atoms with E-state index in [1.165, 1.54) is 0 Å². The lowest BCUT2D eigenvalue weighted by Crippen LogP contribution is -2.25. The highest BCUT2D eigenvalue weighted by Crippen LogP contribution is 2.51. The van der Waals surface area contributed by atoms with Gasteiger partial charge in [0.25, 0.3) is 0 Å². The molecule has 0 aromatic rings. The van der Waals surface area contributed by atoms with Gasteiger partial charge in [-0.25, -0.2) is 0 Å². The van der Waals surface area contributed by atoms with Gasteiger partial charge in [0, 0.05) is 11.8 Å². The van der Waals surface area contributed by atoms with Crippen LogP contribution in [0, 0.1) is 23.7 Å². The van der Waals surface area contributed by atoms with Crippen LogP contribution < -0.4 is 0 Å². The summed E-state index contributed by atoms with van der Waals surface area (Å²) in [6.45, 7) is 1.66. The first-order valence-electron chi connectivity index (χ1n) is 4.68. The molecule has 0 spiro atoms. The van der Waals surface area contributed by atoms with Crippen LogP contribution in [0.1, 0.15) is 26.2 Å². The van der Waals surface area contributed by atoms with E-state index in [4.69, 9.17) is 0 Å². The van der Waals surface area contributed by atoms with Crippen molar-refractivity contribution in [2.75, 3.05) is 0 Å². The summed E-state index contributed by atoms with van der Waals surface area (Å²) in [7, 11) is 0. The lowest BCUT2D eigenvalue weighted by molar-refractivity contribution is -0.123. The van der Waals surface area contributed by atoms with Gasteiger partial charge in [-0.2, -0.15) is 0 Å². The van der Waals surface area contributed by atoms with E-state index in [1.807, 2.05) is 0 Å². The molecule has 2 heteroatoms. The monoisotopic (exact) mass is 166 g/mol. The van der Waals surface area contributed by atoms with Gasteiger partial charge in [0.1, 0.15) is 12.1 Å². The molecule has 0 aromatic carbocycles. The second kappa shape index (κ2) is 2.68. The molecule has 2 saturated carbocycles. The van der Waals surface area contributed by atoms with Crippen molar-refractivity contribution in [1.29, 1.82) is 0 Å². The molecule has 0 heterocycles. The molecule has 0 saturated heterocycles. The summed E-state index contributed by atoms with van der Waals surface area (Å²) in [5, 5.41) is 0. The molecule has 0 N–H and O–H groups in total. The highest BCUT2D eigenvalue weighted by Gasteiger charge is 2.47. The number of rotatable bonds is 2. The molecule has 2 nitrogen and oxygen atoms in total. The molecule has 66 valence electrons. The predicted molar refractivity (Wildman–Crippen MR) is 44.6 cm³/mol. The Balaban J connectivity index is 2.14. The molecule has 0 aromatic heterocycles. The maximum atomic E-state index is 11.2. The molecule has 2 fully saturated rings. The fourth-order valence-corrected chi connectivity index (χ4v) is 3.03. The van der Waals surface area contributed by atoms with Gasteiger partial charge in [-0.15, -0.1) is 0 Å². The summed E-state index contributed by atoms with van der Waals surface area (Å²) in [5.41, 5.74) is 0. The van der Waals surface area contributed by atoms with E-state index in [0.29, 0.717) is 11.8 Å². The van der Waals surface area contributed by atoms with E-state index in [-0.39, 0.29) is 17.6 Å². The molecule has 2 rings (SSSR count). The van der Waals surface area contributed by atoms with Crippen LogP contribution in [-0.4, -0.2) is 12.1 Å². The van der Waals surface area contributed by atoms with Crippen LogP contribution in [0.5, 0.6) is 0 Å². The number of hydrogen-bond donors (Lipinski definition) is 0. The lowest BCUT2D eigenvalue weighted by atomic mass is 9.79. The third kappa shape index (κ3) is 1.01. The minimum atomic E-state index is 0.192. The lowest BCUT2D eigenvalue weighted by Gasteiger charge is -2.23. The van der Waals surface area contributed by atoms with Crippen LogP contribution in [-0.2, 0) is 9.59 Å². The average Bonchev–Trinajstić information content (AvgIpc) is 2.60. The molecule has 0 radical (unpaired) electrons. The van der Waals surface area contributed by atoms with E-state index in [9.17, 15) is 9.59 Å². The molecular formula is C10H14O2. The van der Waals surface area contributed by atoms with Crippen LogP contribution in [0.3, 0.4) is 0 Å². The zero-order valence-corrected chi connectivity index (χ0v) is 7.32. The Kier molecular flexibility index (Phi) is 1.78. The number of Topliss-reactive ketones (excluding diaryl/α,β-unsaturated/α-hetero) is 1. The normalized spacial score (nSPS) is 44.8. The molecule has 2 aliphatic carbocycles. The van der Waals surface area contributed by atoms with Gasteiger partial charge >= 0.3 is 0 Å². The Morgan fingerprint density at radius 1 is 1.33 bits per heavy atom. The third-order valence-electron chi connectivity index (χ3n) is 3.56. The Hall–Kier alpha value is -0.660. The van der Waals surface area contributed by atoms with E-state index < -0.39 is 0 Å². The van der Waals surface area contributed by atoms with Gasteiger partial charge in [-0.05, 0) is 38.0 Å². The highest BCUT2D eigenvalue weighted by molar-refractivity contribution is 5.79. The third-order valence-corrected chi connectivity index (χ3v) is 3.56. The fraction of sp³-hybridized carbons (Fsp3) is 0.800. The predicted octanol–water partition coefficient (Wildman–Crippen LogP) is 1.44. The van der Waals surface area contributed by atoms with Crippen LogP contribution in [0.15, 0.2) is 0 Å². The SMILES string of the molecule is CC(=O)C1CC2CC(C=O)C1C2. The summed E-state index contributed by atoms with van der Waals surface area (Å²) < 4.78 is 0. The van der Waals surface area contributed by atoms with Gasteiger partial charge in [0.15, 0.2) is 0 Å². The molecule has 4 atom stereocenters. The van der Waals surface area contributed by atoms with Crippen molar-refractivity contribution in [3.63, 3.8) is 0 Å². The van der Waals surface area contributed by atoms with Crippen LogP contribution in [0.2, 0.25) is 0 Å². The highest BCUT2D eigenvalue weighted by atomic mass is 16.1. The molecule has 2 aliphatic rings. The number of fused-ring (bicyclic) bond motifs is 2. The van der Waals surface area contributed by atoms with Crippen molar-refractivity contribution in [2.24, 2.45) is 23.7 Å². The first-order chi connectivity index (χ1) is 5.72. The minimum absolute atomic E-state index is 0.192. The van der Waals surface area contributed by atoms with E-state index in [1.54, 1.807) is 6.92 Å². The van der Waals surface area contributed by atoms with Crippen LogP contribution >= 0.6 is 0 Å². The summed E-state index contributed by atoms with van der Waals surface area (Å²) in [6.07, 6.45) is 4.26. The molecule has 2 bridgehead atoms. The standard InChI is InChI=1S/C10H14O2/c1-6(12)9-3-7-2-8(5-11)10(9)4-7/h5,7-10H,2-4H2,1H3. The Bertz CT molecular complexity index is 222. The quantitative estimate of drug-likeness (QED) is 0.582. The summed E-state index contributed by atoms with van der Waals surface area (Å²) in [5.74, 6) is 1.75. The zero-order valence-electron chi connectivity index (χ0n) is 7.32. The van der Waals surface area contributed by atoms with Crippen molar-refractivity contribution >= 4 is 12.1 Å². The van der Waals surface area contributed by atoms with Gasteiger partial charge < -0.3 is 4.79 Å². The van der Waals surface area contributed by atoms with Gasteiger partial charge in [0.2, 0.25) is 0 Å². The van der Waals surface area contributed by atoms with Gasteiger partial charge in [-0.1, -0.05) is 0 Å². The van der Waals surface area contributed by atoms with Crippen molar-refractivity contribution in [2.45, 2.75) is 26.2 Å². The van der Waals surface area contributed by atoms with Crippen molar-refractivity contribution in [3.8, 4) is 0 Å². The first kappa shape index (κ1) is 7.96. The molecular weight excluding hydrogens is 152 g/mol. The fourth-order valence-electron chi connectivity index (χ4n) is 3.03.